The second-order valence-electron chi connectivity index (χ2n) is 6.24. The van der Waals surface area contributed by atoms with Crippen LogP contribution in [-0.4, -0.2) is 36.2 Å². The standard InChI is InChI=1S/C14H25NO4/c1-10(12(17)19-13(2,3)4)15-11(16)9-14(18-5)7-6-8-14/h10H,6-9H2,1-5H3,(H,15,16)/t10-/m1/s1. The number of methoxy groups -OCH3 is 1. The lowest BCUT2D eigenvalue weighted by Crippen LogP contribution is -2.48. The van der Waals surface area contributed by atoms with Gasteiger partial charge in [-0.3, -0.25) is 4.79 Å². The molecular formula is C14H25NO4. The van der Waals surface area contributed by atoms with Crippen molar-refractivity contribution < 1.29 is 19.1 Å². The number of ether oxygens (including phenoxy) is 2. The summed E-state index contributed by atoms with van der Waals surface area (Å²) in [7, 11) is 1.63. The van der Waals surface area contributed by atoms with E-state index in [1.807, 2.05) is 0 Å². The number of hydrogen-bond acceptors (Lipinski definition) is 4. The smallest absolute Gasteiger partial charge is 0.328 e. The highest BCUT2D eigenvalue weighted by atomic mass is 16.6. The van der Waals surface area contributed by atoms with Crippen molar-refractivity contribution in [1.82, 2.24) is 5.32 Å². The number of carbonyl (C=O) groups is 2. The average molecular weight is 271 g/mol. The third-order valence-corrected chi connectivity index (χ3v) is 3.32. The van der Waals surface area contributed by atoms with E-state index in [0.29, 0.717) is 6.42 Å². The molecule has 0 spiro atoms. The van der Waals surface area contributed by atoms with Crippen molar-refractivity contribution in [2.24, 2.45) is 0 Å². The average Bonchev–Trinajstić information content (AvgIpc) is 2.21. The Balaban J connectivity index is 2.41. The Bertz CT molecular complexity index is 336. The van der Waals surface area contributed by atoms with Crippen LogP contribution in [0.3, 0.4) is 0 Å². The van der Waals surface area contributed by atoms with Crippen molar-refractivity contribution in [3.8, 4) is 0 Å². The van der Waals surface area contributed by atoms with E-state index in [1.165, 1.54) is 0 Å². The third kappa shape index (κ3) is 4.82. The Morgan fingerprint density at radius 1 is 1.32 bits per heavy atom. The Morgan fingerprint density at radius 3 is 2.26 bits per heavy atom. The van der Waals surface area contributed by atoms with Crippen molar-refractivity contribution in [2.75, 3.05) is 7.11 Å². The molecule has 0 saturated heterocycles. The van der Waals surface area contributed by atoms with Crippen LogP contribution in [0.5, 0.6) is 0 Å². The first-order valence-electron chi connectivity index (χ1n) is 6.75. The Kier molecular flexibility index (Phi) is 4.96. The van der Waals surface area contributed by atoms with Crippen LogP contribution in [0.4, 0.5) is 0 Å². The van der Waals surface area contributed by atoms with Crippen LogP contribution < -0.4 is 5.32 Å². The van der Waals surface area contributed by atoms with E-state index in [0.717, 1.165) is 19.3 Å². The van der Waals surface area contributed by atoms with Crippen molar-refractivity contribution in [3.63, 3.8) is 0 Å². The highest BCUT2D eigenvalue weighted by Crippen LogP contribution is 2.37. The molecule has 0 radical (unpaired) electrons. The van der Waals surface area contributed by atoms with E-state index in [2.05, 4.69) is 5.32 Å². The lowest BCUT2D eigenvalue weighted by atomic mass is 9.77. The van der Waals surface area contributed by atoms with Gasteiger partial charge >= 0.3 is 5.97 Å². The number of rotatable bonds is 5. The minimum Gasteiger partial charge on any atom is -0.458 e. The molecule has 0 heterocycles. The Morgan fingerprint density at radius 2 is 1.89 bits per heavy atom. The van der Waals surface area contributed by atoms with Gasteiger partial charge in [-0.15, -0.1) is 0 Å². The highest BCUT2D eigenvalue weighted by molar-refractivity contribution is 5.84. The van der Waals surface area contributed by atoms with E-state index < -0.39 is 17.6 Å². The molecule has 1 atom stereocenters. The van der Waals surface area contributed by atoms with E-state index in [4.69, 9.17) is 9.47 Å². The fraction of sp³-hybridized carbons (Fsp3) is 0.857. The van der Waals surface area contributed by atoms with Gasteiger partial charge in [0, 0.05) is 7.11 Å². The minimum absolute atomic E-state index is 0.167. The molecule has 1 N–H and O–H groups in total. The molecule has 0 aromatic heterocycles. The normalized spacial score (nSPS) is 19.2. The minimum atomic E-state index is -0.638. The summed E-state index contributed by atoms with van der Waals surface area (Å²) in [6.07, 6.45) is 3.19. The molecule has 0 aliphatic heterocycles. The van der Waals surface area contributed by atoms with Gasteiger partial charge in [-0.25, -0.2) is 4.79 Å². The number of amides is 1. The SMILES string of the molecule is COC1(CC(=O)N[C@H](C)C(=O)OC(C)(C)C)CCC1. The molecule has 1 rings (SSSR count). The zero-order valence-electron chi connectivity index (χ0n) is 12.5. The van der Waals surface area contributed by atoms with Crippen LogP contribution in [0.2, 0.25) is 0 Å². The maximum Gasteiger partial charge on any atom is 0.328 e. The van der Waals surface area contributed by atoms with Crippen LogP contribution >= 0.6 is 0 Å². The van der Waals surface area contributed by atoms with Gasteiger partial charge in [-0.1, -0.05) is 0 Å². The summed E-state index contributed by atoms with van der Waals surface area (Å²) < 4.78 is 10.6. The fourth-order valence-corrected chi connectivity index (χ4v) is 2.06. The molecule has 1 aliphatic carbocycles. The maximum absolute atomic E-state index is 11.9. The third-order valence-electron chi connectivity index (χ3n) is 3.32. The molecule has 110 valence electrons. The van der Waals surface area contributed by atoms with E-state index >= 15 is 0 Å². The van der Waals surface area contributed by atoms with Gasteiger partial charge in [0.15, 0.2) is 0 Å². The summed E-state index contributed by atoms with van der Waals surface area (Å²) in [6.45, 7) is 7.03. The molecule has 0 unspecified atom stereocenters. The number of esters is 1. The van der Waals surface area contributed by atoms with Crippen LogP contribution in [0.1, 0.15) is 53.4 Å². The molecule has 1 fully saturated rings. The van der Waals surface area contributed by atoms with Gasteiger partial charge in [-0.2, -0.15) is 0 Å². The second kappa shape index (κ2) is 5.90. The molecular weight excluding hydrogens is 246 g/mol. The summed E-state index contributed by atoms with van der Waals surface area (Å²) in [4.78, 5) is 23.6. The van der Waals surface area contributed by atoms with E-state index in [-0.39, 0.29) is 11.5 Å². The van der Waals surface area contributed by atoms with Crippen molar-refractivity contribution >= 4 is 11.9 Å². The molecule has 1 aliphatic rings. The Labute approximate surface area is 115 Å². The van der Waals surface area contributed by atoms with Gasteiger partial charge in [0.2, 0.25) is 5.91 Å². The largest absolute Gasteiger partial charge is 0.458 e. The predicted molar refractivity (Wildman–Crippen MR) is 71.7 cm³/mol. The van der Waals surface area contributed by atoms with E-state index in [1.54, 1.807) is 34.8 Å². The first kappa shape index (κ1) is 16.0. The lowest BCUT2D eigenvalue weighted by molar-refractivity contribution is -0.159. The monoisotopic (exact) mass is 271 g/mol. The zero-order chi connectivity index (χ0) is 14.7. The van der Waals surface area contributed by atoms with Gasteiger partial charge in [0.25, 0.3) is 0 Å². The second-order valence-corrected chi connectivity index (χ2v) is 6.24. The van der Waals surface area contributed by atoms with Crippen LogP contribution in [0, 0.1) is 0 Å². The number of nitrogens with one attached hydrogen (secondary N) is 1. The molecule has 1 amide bonds. The van der Waals surface area contributed by atoms with E-state index in [9.17, 15) is 9.59 Å². The van der Waals surface area contributed by atoms with Crippen molar-refractivity contribution in [3.05, 3.63) is 0 Å². The molecule has 0 aromatic rings. The van der Waals surface area contributed by atoms with Gasteiger partial charge in [0.1, 0.15) is 11.6 Å². The molecule has 1 saturated carbocycles. The summed E-state index contributed by atoms with van der Waals surface area (Å²) in [6, 6.07) is -0.638. The molecule has 19 heavy (non-hydrogen) atoms. The number of carbonyl (C=O) groups excluding carboxylic acids is 2. The molecule has 0 aromatic carbocycles. The lowest BCUT2D eigenvalue weighted by Gasteiger charge is -2.40. The summed E-state index contributed by atoms with van der Waals surface area (Å²) in [5.41, 5.74) is -0.866. The fourth-order valence-electron chi connectivity index (χ4n) is 2.06. The van der Waals surface area contributed by atoms with Crippen molar-refractivity contribution in [1.29, 1.82) is 0 Å². The van der Waals surface area contributed by atoms with Crippen LogP contribution in [0.25, 0.3) is 0 Å². The summed E-state index contributed by atoms with van der Waals surface area (Å²) in [5.74, 6) is -0.583. The van der Waals surface area contributed by atoms with Gasteiger partial charge in [-0.05, 0) is 47.0 Å². The van der Waals surface area contributed by atoms with Gasteiger partial charge in [0.05, 0.1) is 12.0 Å². The van der Waals surface area contributed by atoms with Crippen LogP contribution in [-0.2, 0) is 19.1 Å². The first-order valence-corrected chi connectivity index (χ1v) is 6.75. The molecule has 5 heteroatoms. The zero-order valence-corrected chi connectivity index (χ0v) is 12.5. The van der Waals surface area contributed by atoms with Crippen molar-refractivity contribution in [2.45, 2.75) is 70.6 Å². The quantitative estimate of drug-likeness (QED) is 0.774. The molecule has 0 bridgehead atoms. The number of hydrogen-bond donors (Lipinski definition) is 1. The summed E-state index contributed by atoms with van der Waals surface area (Å²) >= 11 is 0. The highest BCUT2D eigenvalue weighted by Gasteiger charge is 2.39. The summed E-state index contributed by atoms with van der Waals surface area (Å²) in [5, 5.41) is 2.67. The first-order chi connectivity index (χ1) is 8.67. The maximum atomic E-state index is 11.9. The topological polar surface area (TPSA) is 64.6 Å². The van der Waals surface area contributed by atoms with Gasteiger partial charge < -0.3 is 14.8 Å². The predicted octanol–water partition coefficient (Wildman–Crippen LogP) is 1.79. The Hall–Kier alpha value is -1.10. The van der Waals surface area contributed by atoms with Crippen LogP contribution in [0.15, 0.2) is 0 Å². The molecule has 5 nitrogen and oxygen atoms in total.